The molecule has 0 radical (unpaired) electrons. The van der Waals surface area contributed by atoms with E-state index < -0.39 is 46.8 Å². The Balaban J connectivity index is 1.43. The second-order valence-electron chi connectivity index (χ2n) is 19.4. The van der Waals surface area contributed by atoms with Crippen molar-refractivity contribution < 1.29 is 42.9 Å². The van der Waals surface area contributed by atoms with E-state index in [4.69, 9.17) is 18.9 Å². The summed E-state index contributed by atoms with van der Waals surface area (Å²) < 4.78 is 21.6. The monoisotopic (exact) mass is 871 g/mol. The lowest BCUT2D eigenvalue weighted by Gasteiger charge is -2.30. The molecule has 0 saturated carbocycles. The second-order valence-corrected chi connectivity index (χ2v) is 19.4. The number of anilines is 1. The molecule has 0 saturated heterocycles. The number of carbonyl (C=O) groups is 5. The third kappa shape index (κ3) is 16.2. The van der Waals surface area contributed by atoms with Gasteiger partial charge in [-0.05, 0) is 161 Å². The first-order chi connectivity index (χ1) is 29.0. The molecule has 2 aromatic rings. The highest BCUT2D eigenvalue weighted by Crippen LogP contribution is 2.29. The van der Waals surface area contributed by atoms with Gasteiger partial charge in [-0.15, -0.1) is 9.98 Å². The SMILES string of the molecule is Cc1cc(C2=CCN(/C(=N/C(=O)OC(C)(C)C)NC(=O)OC(C)(C)C)CC2)ccc1NC(=O)c1ccc(C2=CCN(/C(=N/C(=O)OC(C)(C)C)NC(=O)OC(C)(C)C)CC2)cc1C. The number of alkyl carbamates (subject to hydrolysis) is 2. The van der Waals surface area contributed by atoms with Crippen LogP contribution >= 0.6 is 0 Å². The lowest BCUT2D eigenvalue weighted by Crippen LogP contribution is -2.48. The maximum atomic E-state index is 13.6. The third-order valence-electron chi connectivity index (χ3n) is 9.11. The van der Waals surface area contributed by atoms with Crippen molar-refractivity contribution in [3.63, 3.8) is 0 Å². The van der Waals surface area contributed by atoms with Crippen LogP contribution in [0.1, 0.15) is 129 Å². The van der Waals surface area contributed by atoms with Crippen LogP contribution in [-0.2, 0) is 18.9 Å². The summed E-state index contributed by atoms with van der Waals surface area (Å²) in [5, 5.41) is 8.31. The molecule has 0 spiro atoms. The van der Waals surface area contributed by atoms with Gasteiger partial charge in [-0.1, -0.05) is 30.4 Å². The lowest BCUT2D eigenvalue weighted by atomic mass is 9.95. The van der Waals surface area contributed by atoms with Crippen molar-refractivity contribution in [2.75, 3.05) is 31.5 Å². The molecule has 0 atom stereocenters. The van der Waals surface area contributed by atoms with Gasteiger partial charge in [0, 0.05) is 37.4 Å². The Hall–Kier alpha value is -6.19. The van der Waals surface area contributed by atoms with Crippen molar-refractivity contribution in [2.45, 2.75) is 132 Å². The van der Waals surface area contributed by atoms with Crippen molar-refractivity contribution in [3.8, 4) is 0 Å². The van der Waals surface area contributed by atoms with Gasteiger partial charge in [0.1, 0.15) is 22.4 Å². The van der Waals surface area contributed by atoms with E-state index in [1.807, 2.05) is 62.4 Å². The summed E-state index contributed by atoms with van der Waals surface area (Å²) in [4.78, 5) is 75.9. The summed E-state index contributed by atoms with van der Waals surface area (Å²) in [5.74, 6) is -0.163. The Kier molecular flexibility index (Phi) is 15.6. The Morgan fingerprint density at radius 3 is 1.30 bits per heavy atom. The smallest absolute Gasteiger partial charge is 0.437 e. The number of ether oxygens (including phenoxy) is 4. The number of nitrogens with one attached hydrogen (secondary N) is 3. The average Bonchev–Trinajstić information content (AvgIpc) is 3.12. The first-order valence-electron chi connectivity index (χ1n) is 21.1. The minimum Gasteiger partial charge on any atom is -0.444 e. The molecular formula is C47H65N7O9. The van der Waals surface area contributed by atoms with Crippen molar-refractivity contribution in [1.82, 2.24) is 20.4 Å². The van der Waals surface area contributed by atoms with Crippen LogP contribution in [0.4, 0.5) is 24.9 Å². The number of aryl methyl sites for hydroxylation is 2. The largest absolute Gasteiger partial charge is 0.444 e. The molecule has 0 bridgehead atoms. The summed E-state index contributed by atoms with van der Waals surface area (Å²) in [6.07, 6.45) is 2.07. The zero-order chi connectivity index (χ0) is 47.1. The summed E-state index contributed by atoms with van der Waals surface area (Å²) in [6, 6.07) is 11.6. The molecule has 0 aliphatic carbocycles. The number of benzene rings is 2. The van der Waals surface area contributed by atoms with Crippen LogP contribution < -0.4 is 16.0 Å². The molecule has 16 heteroatoms. The zero-order valence-corrected chi connectivity index (χ0v) is 39.3. The van der Waals surface area contributed by atoms with E-state index in [0.717, 1.165) is 33.4 Å². The van der Waals surface area contributed by atoms with Gasteiger partial charge in [0.25, 0.3) is 5.91 Å². The molecule has 16 nitrogen and oxygen atoms in total. The topological polar surface area (TPSA) is 190 Å². The number of amides is 5. The molecule has 0 unspecified atom stereocenters. The first kappa shape index (κ1) is 49.5. The van der Waals surface area contributed by atoms with Gasteiger partial charge in [-0.3, -0.25) is 15.4 Å². The van der Waals surface area contributed by atoms with Gasteiger partial charge in [0.05, 0.1) is 0 Å². The lowest BCUT2D eigenvalue weighted by molar-refractivity contribution is 0.0536. The van der Waals surface area contributed by atoms with E-state index in [9.17, 15) is 24.0 Å². The van der Waals surface area contributed by atoms with Gasteiger partial charge >= 0.3 is 24.4 Å². The molecule has 2 aliphatic rings. The van der Waals surface area contributed by atoms with Crippen LogP contribution in [0, 0.1) is 13.8 Å². The number of hydrogen-bond acceptors (Lipinski definition) is 9. The molecule has 342 valence electrons. The van der Waals surface area contributed by atoms with E-state index >= 15 is 0 Å². The molecule has 0 aromatic heterocycles. The summed E-state index contributed by atoms with van der Waals surface area (Å²) in [7, 11) is 0. The fourth-order valence-electron chi connectivity index (χ4n) is 6.45. The number of guanidine groups is 2. The Morgan fingerprint density at radius 1 is 0.556 bits per heavy atom. The minimum absolute atomic E-state index is 0.0350. The van der Waals surface area contributed by atoms with Crippen LogP contribution in [0.25, 0.3) is 11.1 Å². The summed E-state index contributed by atoms with van der Waals surface area (Å²) in [5.41, 5.74) is 3.92. The van der Waals surface area contributed by atoms with Crippen LogP contribution in [0.15, 0.2) is 58.5 Å². The Morgan fingerprint density at radius 2 is 0.952 bits per heavy atom. The maximum Gasteiger partial charge on any atom is 0.437 e. The first-order valence-corrected chi connectivity index (χ1v) is 21.1. The van der Waals surface area contributed by atoms with E-state index in [2.05, 4.69) is 25.9 Å². The van der Waals surface area contributed by atoms with Crippen LogP contribution in [0.3, 0.4) is 0 Å². The van der Waals surface area contributed by atoms with E-state index in [-0.39, 0.29) is 17.8 Å². The van der Waals surface area contributed by atoms with Crippen molar-refractivity contribution in [2.24, 2.45) is 9.98 Å². The number of aliphatic imine (C=N–C) groups is 2. The maximum absolute atomic E-state index is 13.6. The van der Waals surface area contributed by atoms with Crippen molar-refractivity contribution in [3.05, 3.63) is 76.4 Å². The highest BCUT2D eigenvalue weighted by atomic mass is 16.6. The predicted octanol–water partition coefficient (Wildman–Crippen LogP) is 9.37. The standard InChI is InChI=1S/C47H65N7O9/c1-29-27-33(31-19-23-53(24-20-31)38(49-40(56)60-44(3,4)5)50-41(57)61-45(6,7)8)15-17-35(29)37(55)48-36-18-16-34(28-30(36)2)32-21-25-54(26-22-32)39(51-42(58)62-46(9,10)11)52-43(59)63-47(12,13)14/h15-19,21,27-28H,20,22-26H2,1-14H3,(H,48,55)(H,49,50,56,57)(H,51,52,58,59). The highest BCUT2D eigenvalue weighted by molar-refractivity contribution is 6.06. The summed E-state index contributed by atoms with van der Waals surface area (Å²) >= 11 is 0. The van der Waals surface area contributed by atoms with Gasteiger partial charge in [0.2, 0.25) is 11.9 Å². The molecule has 2 aliphatic heterocycles. The predicted molar refractivity (Wildman–Crippen MR) is 245 cm³/mol. The average molecular weight is 872 g/mol. The molecule has 2 aromatic carbocycles. The fraction of sp³-hybridized carbons (Fsp3) is 0.511. The number of carbonyl (C=O) groups excluding carboxylic acids is 5. The molecular weight excluding hydrogens is 807 g/mol. The molecule has 5 amide bonds. The van der Waals surface area contributed by atoms with Crippen LogP contribution in [-0.4, -0.2) is 101 Å². The van der Waals surface area contributed by atoms with Gasteiger partial charge < -0.3 is 34.1 Å². The molecule has 4 rings (SSSR count). The number of nitrogens with zero attached hydrogens (tertiary/aromatic N) is 4. The van der Waals surface area contributed by atoms with Crippen molar-refractivity contribution in [1.29, 1.82) is 0 Å². The van der Waals surface area contributed by atoms with Gasteiger partial charge in [-0.25, -0.2) is 19.2 Å². The number of hydrogen-bond donors (Lipinski definition) is 3. The van der Waals surface area contributed by atoms with Gasteiger partial charge in [0.15, 0.2) is 0 Å². The van der Waals surface area contributed by atoms with Crippen molar-refractivity contribution >= 4 is 59.0 Å². The molecule has 3 N–H and O–H groups in total. The van der Waals surface area contributed by atoms with Crippen LogP contribution in [0.5, 0.6) is 0 Å². The quantitative estimate of drug-likeness (QED) is 0.151. The van der Waals surface area contributed by atoms with Gasteiger partial charge in [-0.2, -0.15) is 0 Å². The third-order valence-corrected chi connectivity index (χ3v) is 9.11. The van der Waals surface area contributed by atoms with E-state index in [1.165, 1.54) is 0 Å². The highest BCUT2D eigenvalue weighted by Gasteiger charge is 2.27. The van der Waals surface area contributed by atoms with E-state index in [1.54, 1.807) is 92.9 Å². The Labute approximate surface area is 371 Å². The second kappa shape index (κ2) is 19.9. The minimum atomic E-state index is -0.830. The Bertz CT molecular complexity index is 2200. The van der Waals surface area contributed by atoms with E-state index in [0.29, 0.717) is 50.3 Å². The molecule has 2 heterocycles. The molecule has 63 heavy (non-hydrogen) atoms. The normalized spacial score (nSPS) is 15.4. The van der Waals surface area contributed by atoms with Crippen LogP contribution in [0.2, 0.25) is 0 Å². The molecule has 0 fully saturated rings. The summed E-state index contributed by atoms with van der Waals surface area (Å²) in [6.45, 7) is 26.4. The number of rotatable bonds is 4. The zero-order valence-electron chi connectivity index (χ0n) is 39.3. The fourth-order valence-corrected chi connectivity index (χ4v) is 6.45.